The van der Waals surface area contributed by atoms with Crippen LogP contribution >= 0.6 is 23.2 Å². The summed E-state index contributed by atoms with van der Waals surface area (Å²) in [5, 5.41) is 9.04. The standard InChI is InChI=1S/C24H23Cl2N7O3/c1-35-24(34)33-8-6-32(7-9-33)20-5-2-14(11-29-20)22-16-10-15(3-4-19(16)30-31-22)36-23(27)21-17(25)12-28-13-18(21)26/h2-5,10-13,23H,6-9,27H2,1H3,(H,30,31)/t23-/m0/s1. The van der Waals surface area contributed by atoms with E-state index in [9.17, 15) is 4.79 Å². The van der Waals surface area contributed by atoms with Crippen LogP contribution in [-0.4, -0.2) is 64.4 Å². The van der Waals surface area contributed by atoms with Gasteiger partial charge in [0.05, 0.1) is 22.7 Å². The van der Waals surface area contributed by atoms with Crippen molar-refractivity contribution in [2.45, 2.75) is 6.23 Å². The molecule has 0 saturated carbocycles. The van der Waals surface area contributed by atoms with E-state index in [2.05, 4.69) is 25.1 Å². The van der Waals surface area contributed by atoms with E-state index in [0.717, 1.165) is 28.0 Å². The van der Waals surface area contributed by atoms with Crippen molar-refractivity contribution in [2.75, 3.05) is 38.2 Å². The minimum Gasteiger partial charge on any atom is -0.471 e. The predicted molar refractivity (Wildman–Crippen MR) is 137 cm³/mol. The third kappa shape index (κ3) is 4.75. The van der Waals surface area contributed by atoms with Crippen molar-refractivity contribution in [3.63, 3.8) is 0 Å². The van der Waals surface area contributed by atoms with Gasteiger partial charge in [-0.05, 0) is 30.3 Å². The lowest BCUT2D eigenvalue weighted by Gasteiger charge is -2.34. The summed E-state index contributed by atoms with van der Waals surface area (Å²) in [5.74, 6) is 1.37. The van der Waals surface area contributed by atoms with Crippen molar-refractivity contribution in [2.24, 2.45) is 5.73 Å². The van der Waals surface area contributed by atoms with Gasteiger partial charge in [0.1, 0.15) is 17.3 Å². The molecular formula is C24H23Cl2N7O3. The quantitative estimate of drug-likeness (QED) is 0.369. The molecule has 1 saturated heterocycles. The number of nitrogens with zero attached hydrogens (tertiary/aromatic N) is 5. The van der Waals surface area contributed by atoms with Gasteiger partial charge in [0.15, 0.2) is 6.23 Å². The first-order valence-corrected chi connectivity index (χ1v) is 11.9. The minimum atomic E-state index is -0.874. The van der Waals surface area contributed by atoms with Gasteiger partial charge in [-0.15, -0.1) is 0 Å². The Morgan fingerprint density at radius 1 is 1.08 bits per heavy atom. The molecule has 3 aromatic heterocycles. The molecule has 0 spiro atoms. The third-order valence-corrected chi connectivity index (χ3v) is 6.63. The minimum absolute atomic E-state index is 0.306. The Kier molecular flexibility index (Phi) is 6.82. The third-order valence-electron chi connectivity index (χ3n) is 6.03. The monoisotopic (exact) mass is 527 g/mol. The lowest BCUT2D eigenvalue weighted by molar-refractivity contribution is 0.121. The van der Waals surface area contributed by atoms with Crippen LogP contribution in [0, 0.1) is 0 Å². The topological polar surface area (TPSA) is 122 Å². The number of carbonyl (C=O) groups is 1. The fourth-order valence-electron chi connectivity index (χ4n) is 4.15. The number of carbonyl (C=O) groups excluding carboxylic acids is 1. The van der Waals surface area contributed by atoms with Crippen LogP contribution in [-0.2, 0) is 4.74 Å². The number of hydrogen-bond donors (Lipinski definition) is 2. The maximum absolute atomic E-state index is 11.7. The zero-order chi connectivity index (χ0) is 25.2. The highest BCUT2D eigenvalue weighted by Crippen LogP contribution is 2.33. The van der Waals surface area contributed by atoms with Gasteiger partial charge in [0, 0.05) is 61.3 Å². The summed E-state index contributed by atoms with van der Waals surface area (Å²) in [4.78, 5) is 24.1. The second-order valence-corrected chi connectivity index (χ2v) is 9.00. The molecule has 0 unspecified atom stereocenters. The van der Waals surface area contributed by atoms with Crippen molar-refractivity contribution in [1.82, 2.24) is 25.1 Å². The molecule has 3 N–H and O–H groups in total. The average molecular weight is 528 g/mol. The molecule has 5 rings (SSSR count). The zero-order valence-electron chi connectivity index (χ0n) is 19.3. The summed E-state index contributed by atoms with van der Waals surface area (Å²) in [5.41, 5.74) is 9.12. The molecule has 36 heavy (non-hydrogen) atoms. The van der Waals surface area contributed by atoms with E-state index in [-0.39, 0.29) is 6.09 Å². The average Bonchev–Trinajstić information content (AvgIpc) is 3.31. The maximum atomic E-state index is 11.7. The number of aromatic amines is 1. The number of ether oxygens (including phenoxy) is 2. The van der Waals surface area contributed by atoms with Crippen LogP contribution in [0.25, 0.3) is 22.2 Å². The van der Waals surface area contributed by atoms with Crippen molar-refractivity contribution >= 4 is 46.0 Å². The molecule has 1 amide bonds. The number of nitrogens with two attached hydrogens (primary N) is 1. The lowest BCUT2D eigenvalue weighted by Crippen LogP contribution is -2.49. The molecule has 1 atom stereocenters. The molecule has 186 valence electrons. The molecule has 0 bridgehead atoms. The molecule has 1 fully saturated rings. The van der Waals surface area contributed by atoms with Crippen molar-refractivity contribution in [1.29, 1.82) is 0 Å². The number of H-pyrrole nitrogens is 1. The zero-order valence-corrected chi connectivity index (χ0v) is 20.8. The number of nitrogens with one attached hydrogen (secondary N) is 1. The number of pyridine rings is 2. The first kappa shape index (κ1) is 24.1. The summed E-state index contributed by atoms with van der Waals surface area (Å²) in [6.45, 7) is 2.53. The van der Waals surface area contributed by atoms with E-state index in [1.807, 2.05) is 24.3 Å². The molecule has 12 heteroatoms. The Balaban J connectivity index is 1.34. The smallest absolute Gasteiger partial charge is 0.409 e. The first-order valence-electron chi connectivity index (χ1n) is 11.2. The molecule has 4 heterocycles. The van der Waals surface area contributed by atoms with Crippen LogP contribution in [0.5, 0.6) is 5.75 Å². The molecule has 0 radical (unpaired) electrons. The van der Waals surface area contributed by atoms with E-state index in [1.54, 1.807) is 17.2 Å². The van der Waals surface area contributed by atoms with Crippen LogP contribution < -0.4 is 15.4 Å². The Hall–Kier alpha value is -3.60. The van der Waals surface area contributed by atoms with Crippen LogP contribution in [0.4, 0.5) is 10.6 Å². The first-order chi connectivity index (χ1) is 17.4. The van der Waals surface area contributed by atoms with Gasteiger partial charge in [0.2, 0.25) is 0 Å². The number of piperazine rings is 1. The highest BCUT2D eigenvalue weighted by molar-refractivity contribution is 6.35. The lowest BCUT2D eigenvalue weighted by atomic mass is 10.1. The molecule has 1 aromatic carbocycles. The number of aromatic nitrogens is 4. The summed E-state index contributed by atoms with van der Waals surface area (Å²) < 4.78 is 10.7. The Labute approximate surface area is 216 Å². The number of benzene rings is 1. The van der Waals surface area contributed by atoms with E-state index >= 15 is 0 Å². The van der Waals surface area contributed by atoms with Gasteiger partial charge in [-0.25, -0.2) is 9.78 Å². The van der Waals surface area contributed by atoms with Gasteiger partial charge in [-0.1, -0.05) is 23.2 Å². The Morgan fingerprint density at radius 3 is 2.50 bits per heavy atom. The highest BCUT2D eigenvalue weighted by Gasteiger charge is 2.22. The number of hydrogen-bond acceptors (Lipinski definition) is 8. The molecule has 4 aromatic rings. The van der Waals surface area contributed by atoms with Crippen molar-refractivity contribution < 1.29 is 14.3 Å². The van der Waals surface area contributed by atoms with Crippen LogP contribution in [0.3, 0.4) is 0 Å². The summed E-state index contributed by atoms with van der Waals surface area (Å²) >= 11 is 12.4. The SMILES string of the molecule is COC(=O)N1CCN(c2ccc(-c3n[nH]c4ccc(O[C@H](N)c5c(Cl)cncc5Cl)cc34)cn2)CC1. The van der Waals surface area contributed by atoms with Crippen LogP contribution in [0.1, 0.15) is 11.8 Å². The van der Waals surface area contributed by atoms with E-state index in [1.165, 1.54) is 19.5 Å². The highest BCUT2D eigenvalue weighted by atomic mass is 35.5. The number of halogens is 2. The number of fused-ring (bicyclic) bond motifs is 1. The van der Waals surface area contributed by atoms with Gasteiger partial charge in [0.25, 0.3) is 0 Å². The second kappa shape index (κ2) is 10.2. The van der Waals surface area contributed by atoms with Crippen LogP contribution in [0.2, 0.25) is 10.0 Å². The predicted octanol–water partition coefficient (Wildman–Crippen LogP) is 4.25. The second-order valence-electron chi connectivity index (χ2n) is 8.18. The number of rotatable bonds is 5. The normalized spacial score (nSPS) is 14.7. The van der Waals surface area contributed by atoms with Gasteiger partial charge in [-0.2, -0.15) is 5.10 Å². The molecule has 1 aliphatic rings. The van der Waals surface area contributed by atoms with Crippen molar-refractivity contribution in [3.8, 4) is 17.0 Å². The van der Waals surface area contributed by atoms with Gasteiger partial charge >= 0.3 is 6.09 Å². The Morgan fingerprint density at radius 2 is 1.83 bits per heavy atom. The van der Waals surface area contributed by atoms with Crippen molar-refractivity contribution in [3.05, 3.63) is 64.5 Å². The molecular weight excluding hydrogens is 505 g/mol. The molecule has 0 aliphatic carbocycles. The maximum Gasteiger partial charge on any atom is 0.409 e. The molecule has 1 aliphatic heterocycles. The van der Waals surface area contributed by atoms with E-state index in [4.69, 9.17) is 38.4 Å². The number of anilines is 1. The number of amides is 1. The summed E-state index contributed by atoms with van der Waals surface area (Å²) in [6.07, 6.45) is 3.55. The molecule has 10 nitrogen and oxygen atoms in total. The fourth-order valence-corrected chi connectivity index (χ4v) is 4.73. The van der Waals surface area contributed by atoms with Gasteiger partial charge < -0.3 is 19.3 Å². The van der Waals surface area contributed by atoms with Gasteiger partial charge in [-0.3, -0.25) is 15.8 Å². The van der Waals surface area contributed by atoms with E-state index < -0.39 is 6.23 Å². The fraction of sp³-hybridized carbons (Fsp3) is 0.250. The van der Waals surface area contributed by atoms with Crippen LogP contribution in [0.15, 0.2) is 48.9 Å². The summed E-state index contributed by atoms with van der Waals surface area (Å²) in [7, 11) is 1.39. The largest absolute Gasteiger partial charge is 0.471 e. The number of methoxy groups -OCH3 is 1. The summed E-state index contributed by atoms with van der Waals surface area (Å²) in [6, 6.07) is 9.44. The Bertz CT molecular complexity index is 1370. The van der Waals surface area contributed by atoms with E-state index in [0.29, 0.717) is 47.5 Å².